The zero-order valence-electron chi connectivity index (χ0n) is 23.8. The normalized spacial score (nSPS) is 36.0. The molecule has 8 heteroatoms. The third kappa shape index (κ3) is 12.6. The average molecular weight is 593 g/mol. The quantitative estimate of drug-likeness (QED) is 0.387. The van der Waals surface area contributed by atoms with E-state index in [4.69, 9.17) is 0 Å². The first-order chi connectivity index (χ1) is 17.9. The molecule has 6 aliphatic heterocycles. The van der Waals surface area contributed by atoms with Crippen molar-refractivity contribution in [3.8, 4) is 0 Å². The number of hydrogen-bond donors (Lipinski definition) is 0. The Kier molecular flexibility index (Phi) is 19.5. The van der Waals surface area contributed by atoms with Gasteiger partial charge in [0.05, 0.1) is 0 Å². The maximum absolute atomic E-state index is 4.66. The van der Waals surface area contributed by atoms with Gasteiger partial charge in [0, 0.05) is 0 Å². The predicted octanol–water partition coefficient (Wildman–Crippen LogP) is 5.52. The fourth-order valence-corrected chi connectivity index (χ4v) is 6.77. The first-order valence-electron chi connectivity index (χ1n) is 15.9. The minimum Gasteiger partial charge on any atom is -1.00 e. The van der Waals surface area contributed by atoms with Crippen LogP contribution in [-0.4, -0.2) is 75.5 Å². The fourth-order valence-electron chi connectivity index (χ4n) is 6.77. The van der Waals surface area contributed by atoms with Crippen LogP contribution in [-0.2, 0) is 16.5 Å². The molecule has 0 spiro atoms. The summed E-state index contributed by atoms with van der Waals surface area (Å²) in [5.74, 6) is 0. The minimum absolute atomic E-state index is 0. The fraction of sp³-hybridized carbons (Fsp3) is 1.00. The van der Waals surface area contributed by atoms with Gasteiger partial charge in [0.2, 0.25) is 0 Å². The molecule has 6 atom stereocenters. The summed E-state index contributed by atoms with van der Waals surface area (Å²) < 4.78 is 0. The zero-order valence-corrected chi connectivity index (χ0v) is 25.6. The molecule has 0 aromatic rings. The zero-order chi connectivity index (χ0) is 24.7. The topological polar surface area (TPSA) is 84.6 Å². The third-order valence-electron chi connectivity index (χ3n) is 8.96. The van der Waals surface area contributed by atoms with E-state index < -0.39 is 0 Å². The molecule has 0 aromatic carbocycles. The molecule has 6 aliphatic rings. The Morgan fingerprint density at radius 2 is 0.421 bits per heavy atom. The Bertz CT molecular complexity index is 413. The maximum Gasteiger partial charge on any atom is 2.00 e. The second-order valence-electron chi connectivity index (χ2n) is 11.8. The second-order valence-corrected chi connectivity index (χ2v) is 11.8. The van der Waals surface area contributed by atoms with Gasteiger partial charge in [0.15, 0.2) is 0 Å². The first kappa shape index (κ1) is 34.7. The van der Waals surface area contributed by atoms with E-state index >= 15 is 0 Å². The number of halogens is 1. The van der Waals surface area contributed by atoms with Gasteiger partial charge < -0.3 is 44.3 Å². The van der Waals surface area contributed by atoms with Crippen molar-refractivity contribution in [3.05, 3.63) is 31.9 Å². The molecule has 6 saturated heterocycles. The Hall–Kier alpha value is 0.544. The Morgan fingerprint density at radius 3 is 0.526 bits per heavy atom. The average Bonchev–Trinajstić information content (AvgIpc) is 3.01. The summed E-state index contributed by atoms with van der Waals surface area (Å²) in [6.07, 6.45) is 23.9. The van der Waals surface area contributed by atoms with Crippen LogP contribution in [0, 0.1) is 0 Å². The third-order valence-corrected chi connectivity index (χ3v) is 8.96. The van der Waals surface area contributed by atoms with E-state index in [2.05, 4.69) is 31.9 Å². The van der Waals surface area contributed by atoms with E-state index in [-0.39, 0.29) is 28.9 Å². The smallest absolute Gasteiger partial charge is 1.00 e. The molecule has 0 aliphatic carbocycles. The molecule has 0 saturated carbocycles. The summed E-state index contributed by atoms with van der Waals surface area (Å²) in [4.78, 5) is 0. The van der Waals surface area contributed by atoms with Crippen molar-refractivity contribution in [2.24, 2.45) is 0 Å². The van der Waals surface area contributed by atoms with Crippen molar-refractivity contribution in [3.63, 3.8) is 0 Å². The van der Waals surface area contributed by atoms with Gasteiger partial charge in [-0.3, -0.25) is 0 Å². The molecular weight excluding hydrogens is 539 g/mol. The van der Waals surface area contributed by atoms with Crippen molar-refractivity contribution in [2.45, 2.75) is 152 Å². The van der Waals surface area contributed by atoms with Crippen LogP contribution in [0.3, 0.4) is 0 Å². The van der Waals surface area contributed by atoms with Crippen LogP contribution in [0.25, 0.3) is 31.9 Å². The number of hydrogen-bond acceptors (Lipinski definition) is 0. The summed E-state index contributed by atoms with van der Waals surface area (Å²) in [5.41, 5.74) is 0. The second kappa shape index (κ2) is 21.3. The van der Waals surface area contributed by atoms with E-state index in [1.165, 1.54) is 116 Å². The summed E-state index contributed by atoms with van der Waals surface area (Å²) in [7, 11) is 0. The Labute approximate surface area is 251 Å². The summed E-state index contributed by atoms with van der Waals surface area (Å²) in [6, 6.07) is 3.58. The molecule has 6 nitrogen and oxygen atoms in total. The van der Waals surface area contributed by atoms with Crippen LogP contribution in [0.2, 0.25) is 0 Å². The van der Waals surface area contributed by atoms with Gasteiger partial charge in [-0.2, -0.15) is 36.3 Å². The van der Waals surface area contributed by atoms with Gasteiger partial charge in [-0.05, 0) is 0 Å². The molecular formula is C30H54ClN6Ni-5. The minimum atomic E-state index is 0. The summed E-state index contributed by atoms with van der Waals surface area (Å²) in [5, 5.41) is 28.0. The van der Waals surface area contributed by atoms with Crippen LogP contribution in [0.15, 0.2) is 0 Å². The number of piperidine rings is 6. The van der Waals surface area contributed by atoms with E-state index in [0.717, 1.165) is 39.3 Å². The van der Waals surface area contributed by atoms with Crippen LogP contribution in [0.1, 0.15) is 116 Å². The standard InChI is InChI=1S/3C10H18N2.ClH.Ni/c3*1-3-7-11-9(5-1)10-6-2-4-8-12-10;;/h3*9-10H,1-8H2;1H;/q3*-2;;+2/p-1. The van der Waals surface area contributed by atoms with Gasteiger partial charge in [-0.25, -0.2) is 0 Å². The molecule has 0 aromatic heterocycles. The molecule has 0 N–H and O–H groups in total. The van der Waals surface area contributed by atoms with E-state index in [1.54, 1.807) is 0 Å². The summed E-state index contributed by atoms with van der Waals surface area (Å²) >= 11 is 0. The molecule has 0 radical (unpaired) electrons. The van der Waals surface area contributed by atoms with Crippen molar-refractivity contribution in [1.82, 2.24) is 0 Å². The molecule has 0 amide bonds. The first-order valence-corrected chi connectivity index (χ1v) is 15.9. The Morgan fingerprint density at radius 1 is 0.263 bits per heavy atom. The molecule has 6 fully saturated rings. The van der Waals surface area contributed by atoms with Gasteiger partial charge in [-0.1, -0.05) is 116 Å². The molecule has 6 rings (SSSR count). The summed E-state index contributed by atoms with van der Waals surface area (Å²) in [6.45, 7) is 6.56. The van der Waals surface area contributed by atoms with Gasteiger partial charge >= 0.3 is 16.5 Å². The van der Waals surface area contributed by atoms with E-state index in [0.29, 0.717) is 36.3 Å². The van der Waals surface area contributed by atoms with E-state index in [1.807, 2.05) is 0 Å². The van der Waals surface area contributed by atoms with Gasteiger partial charge in [0.25, 0.3) is 0 Å². The maximum atomic E-state index is 4.66. The Balaban J connectivity index is 0.000000195. The number of nitrogens with zero attached hydrogens (tertiary/aromatic N) is 6. The molecule has 226 valence electrons. The van der Waals surface area contributed by atoms with Crippen LogP contribution in [0.4, 0.5) is 0 Å². The number of rotatable bonds is 3. The molecule has 0 bridgehead atoms. The van der Waals surface area contributed by atoms with Crippen molar-refractivity contribution < 1.29 is 28.9 Å². The van der Waals surface area contributed by atoms with Crippen molar-refractivity contribution in [2.75, 3.05) is 39.3 Å². The van der Waals surface area contributed by atoms with Crippen molar-refractivity contribution >= 4 is 0 Å². The predicted molar refractivity (Wildman–Crippen MR) is 155 cm³/mol. The van der Waals surface area contributed by atoms with Crippen LogP contribution >= 0.6 is 0 Å². The van der Waals surface area contributed by atoms with Gasteiger partial charge in [0.1, 0.15) is 0 Å². The largest absolute Gasteiger partial charge is 2.00 e. The molecule has 38 heavy (non-hydrogen) atoms. The monoisotopic (exact) mass is 591 g/mol. The van der Waals surface area contributed by atoms with Crippen molar-refractivity contribution in [1.29, 1.82) is 0 Å². The molecule has 6 heterocycles. The van der Waals surface area contributed by atoms with Crippen LogP contribution in [0.5, 0.6) is 0 Å². The van der Waals surface area contributed by atoms with Crippen LogP contribution < -0.4 is 12.4 Å². The SMILES string of the molecule is C1CCC(C2CCCC[N-]2)[N-]C1.C1CCC(C2CCCC[N-]2)[N-]C1.C1CCC(C2CCCC[N-]2)[N-]C1.[Cl-].[Ni+2]. The molecule has 6 unspecified atom stereocenters. The van der Waals surface area contributed by atoms with E-state index in [9.17, 15) is 0 Å². The van der Waals surface area contributed by atoms with Gasteiger partial charge in [-0.15, -0.1) is 39.3 Å².